The van der Waals surface area contributed by atoms with Crippen LogP contribution in [0.2, 0.25) is 0 Å². The minimum Gasteiger partial charge on any atom is -0.300 e. The van der Waals surface area contributed by atoms with E-state index >= 15 is 0 Å². The van der Waals surface area contributed by atoms with Crippen LogP contribution >= 0.6 is 0 Å². The third-order valence-corrected chi connectivity index (χ3v) is 3.19. The van der Waals surface area contributed by atoms with Gasteiger partial charge in [0.2, 0.25) is 0 Å². The van der Waals surface area contributed by atoms with E-state index in [1.807, 2.05) is 0 Å². The first-order valence-corrected chi connectivity index (χ1v) is 4.96. The van der Waals surface area contributed by atoms with Gasteiger partial charge in [0.05, 0.1) is 0 Å². The standard InChI is InChI=1S/C11H16O/c1-8-5-11(12)7-9-3-2-4-10(8)6-9/h4,8-9H,2-3,5-7H2,1H3/t8?,9-/m0/s1. The van der Waals surface area contributed by atoms with Crippen LogP contribution in [0.25, 0.3) is 0 Å². The quantitative estimate of drug-likeness (QED) is 0.503. The van der Waals surface area contributed by atoms with E-state index in [9.17, 15) is 4.79 Å². The highest BCUT2D eigenvalue weighted by Gasteiger charge is 2.26. The van der Waals surface area contributed by atoms with Gasteiger partial charge in [0.1, 0.15) is 5.78 Å². The fourth-order valence-corrected chi connectivity index (χ4v) is 2.48. The highest BCUT2D eigenvalue weighted by atomic mass is 16.1. The Balaban J connectivity index is 2.21. The maximum absolute atomic E-state index is 11.4. The first-order chi connectivity index (χ1) is 5.75. The van der Waals surface area contributed by atoms with Crippen molar-refractivity contribution in [2.75, 3.05) is 0 Å². The number of Topliss-reactive ketones (excluding diaryl/α,β-unsaturated/α-hetero) is 1. The predicted octanol–water partition coefficient (Wildman–Crippen LogP) is 2.71. The van der Waals surface area contributed by atoms with Gasteiger partial charge >= 0.3 is 0 Å². The van der Waals surface area contributed by atoms with Crippen molar-refractivity contribution >= 4 is 5.78 Å². The van der Waals surface area contributed by atoms with E-state index in [-0.39, 0.29) is 0 Å². The Morgan fingerprint density at radius 1 is 1.33 bits per heavy atom. The summed E-state index contributed by atoms with van der Waals surface area (Å²) >= 11 is 0. The molecule has 2 atom stereocenters. The third kappa shape index (κ3) is 1.45. The van der Waals surface area contributed by atoms with Crippen molar-refractivity contribution in [2.45, 2.75) is 39.0 Å². The van der Waals surface area contributed by atoms with E-state index in [4.69, 9.17) is 0 Å². The maximum atomic E-state index is 11.4. The van der Waals surface area contributed by atoms with Gasteiger partial charge in [-0.15, -0.1) is 0 Å². The topological polar surface area (TPSA) is 17.1 Å². The first kappa shape index (κ1) is 8.03. The lowest BCUT2D eigenvalue weighted by Crippen LogP contribution is -2.07. The Morgan fingerprint density at radius 2 is 2.17 bits per heavy atom. The second kappa shape index (κ2) is 3.04. The van der Waals surface area contributed by atoms with Crippen molar-refractivity contribution in [3.8, 4) is 0 Å². The molecule has 0 radical (unpaired) electrons. The number of rotatable bonds is 0. The molecule has 0 N–H and O–H groups in total. The molecule has 2 aliphatic carbocycles. The van der Waals surface area contributed by atoms with Crippen molar-refractivity contribution in [1.82, 2.24) is 0 Å². The number of hydrogen-bond donors (Lipinski definition) is 0. The molecule has 66 valence electrons. The van der Waals surface area contributed by atoms with E-state index in [0.717, 1.165) is 12.8 Å². The van der Waals surface area contributed by atoms with E-state index in [0.29, 0.717) is 17.6 Å². The molecule has 0 aliphatic heterocycles. The third-order valence-electron chi connectivity index (χ3n) is 3.19. The average Bonchev–Trinajstić information content (AvgIpc) is 2.11. The van der Waals surface area contributed by atoms with Crippen LogP contribution in [0.5, 0.6) is 0 Å². The fraction of sp³-hybridized carbons (Fsp3) is 0.727. The van der Waals surface area contributed by atoms with Crippen molar-refractivity contribution < 1.29 is 4.79 Å². The molecule has 0 amide bonds. The summed E-state index contributed by atoms with van der Waals surface area (Å²) in [6.07, 6.45) is 7.65. The normalized spacial score (nSPS) is 35.8. The minimum atomic E-state index is 0.484. The van der Waals surface area contributed by atoms with Crippen molar-refractivity contribution in [2.24, 2.45) is 11.8 Å². The Morgan fingerprint density at radius 3 is 3.00 bits per heavy atom. The average molecular weight is 164 g/mol. The van der Waals surface area contributed by atoms with Crippen molar-refractivity contribution in [1.29, 1.82) is 0 Å². The van der Waals surface area contributed by atoms with Gasteiger partial charge in [-0.25, -0.2) is 0 Å². The monoisotopic (exact) mass is 164 g/mol. The van der Waals surface area contributed by atoms with Crippen LogP contribution in [0, 0.1) is 11.8 Å². The molecule has 0 aromatic rings. The van der Waals surface area contributed by atoms with Gasteiger partial charge < -0.3 is 0 Å². The maximum Gasteiger partial charge on any atom is 0.133 e. The van der Waals surface area contributed by atoms with Gasteiger partial charge in [-0.05, 0) is 31.1 Å². The van der Waals surface area contributed by atoms with E-state index in [2.05, 4.69) is 13.0 Å². The summed E-state index contributed by atoms with van der Waals surface area (Å²) < 4.78 is 0. The molecule has 1 unspecified atom stereocenters. The molecule has 2 aliphatic rings. The van der Waals surface area contributed by atoms with Gasteiger partial charge in [-0.1, -0.05) is 18.6 Å². The molecule has 0 heterocycles. The fourth-order valence-electron chi connectivity index (χ4n) is 2.48. The molecule has 1 nitrogen and oxygen atoms in total. The summed E-state index contributed by atoms with van der Waals surface area (Å²) in [6, 6.07) is 0. The van der Waals surface area contributed by atoms with Gasteiger partial charge in [0, 0.05) is 12.8 Å². The molecule has 0 spiro atoms. The lowest BCUT2D eigenvalue weighted by atomic mass is 9.85. The van der Waals surface area contributed by atoms with Gasteiger partial charge in [0.25, 0.3) is 0 Å². The second-order valence-corrected chi connectivity index (χ2v) is 4.27. The van der Waals surface area contributed by atoms with Crippen molar-refractivity contribution in [3.63, 3.8) is 0 Å². The minimum absolute atomic E-state index is 0.484. The number of allylic oxidation sites excluding steroid dienone is 2. The Hall–Kier alpha value is -0.590. The SMILES string of the molecule is CC1CC(=O)C[C@H]2CCC=C1C2. The molecular weight excluding hydrogens is 148 g/mol. The largest absolute Gasteiger partial charge is 0.300 e. The zero-order valence-corrected chi connectivity index (χ0v) is 7.68. The van der Waals surface area contributed by atoms with E-state index in [1.54, 1.807) is 5.57 Å². The lowest BCUT2D eigenvalue weighted by Gasteiger charge is -2.20. The van der Waals surface area contributed by atoms with Crippen LogP contribution in [0.1, 0.15) is 39.0 Å². The number of hydrogen-bond acceptors (Lipinski definition) is 1. The van der Waals surface area contributed by atoms with E-state index in [1.165, 1.54) is 19.3 Å². The number of fused-ring (bicyclic) bond motifs is 2. The van der Waals surface area contributed by atoms with Crippen LogP contribution in [-0.4, -0.2) is 5.78 Å². The summed E-state index contributed by atoms with van der Waals surface area (Å²) in [5.41, 5.74) is 1.55. The molecule has 0 aromatic heterocycles. The summed E-state index contributed by atoms with van der Waals surface area (Å²) in [5.74, 6) is 1.70. The Kier molecular flexibility index (Phi) is 2.03. The molecule has 2 bridgehead atoms. The summed E-state index contributed by atoms with van der Waals surface area (Å²) in [7, 11) is 0. The number of carbonyl (C=O) groups is 1. The summed E-state index contributed by atoms with van der Waals surface area (Å²) in [5, 5.41) is 0. The van der Waals surface area contributed by atoms with Crippen LogP contribution in [0.3, 0.4) is 0 Å². The van der Waals surface area contributed by atoms with Crippen LogP contribution in [-0.2, 0) is 4.79 Å². The van der Waals surface area contributed by atoms with Crippen LogP contribution < -0.4 is 0 Å². The van der Waals surface area contributed by atoms with E-state index < -0.39 is 0 Å². The number of carbonyl (C=O) groups excluding carboxylic acids is 1. The van der Waals surface area contributed by atoms with Crippen LogP contribution in [0.15, 0.2) is 11.6 Å². The molecule has 12 heavy (non-hydrogen) atoms. The van der Waals surface area contributed by atoms with Crippen LogP contribution in [0.4, 0.5) is 0 Å². The molecule has 1 saturated carbocycles. The van der Waals surface area contributed by atoms with Crippen molar-refractivity contribution in [3.05, 3.63) is 11.6 Å². The highest BCUT2D eigenvalue weighted by molar-refractivity contribution is 5.79. The molecule has 0 aromatic carbocycles. The first-order valence-electron chi connectivity index (χ1n) is 4.96. The lowest BCUT2D eigenvalue weighted by molar-refractivity contribution is -0.120. The predicted molar refractivity (Wildman–Crippen MR) is 48.8 cm³/mol. The number of ketones is 1. The molecule has 1 heteroatoms. The smallest absolute Gasteiger partial charge is 0.133 e. The Labute approximate surface area is 73.8 Å². The molecule has 2 rings (SSSR count). The zero-order chi connectivity index (χ0) is 8.55. The summed E-state index contributed by atoms with van der Waals surface area (Å²) in [6.45, 7) is 2.19. The van der Waals surface area contributed by atoms with Gasteiger partial charge in [0.15, 0.2) is 0 Å². The molecular formula is C11H16O. The van der Waals surface area contributed by atoms with Gasteiger partial charge in [-0.2, -0.15) is 0 Å². The molecule has 1 fully saturated rings. The molecule has 0 saturated heterocycles. The zero-order valence-electron chi connectivity index (χ0n) is 7.68. The highest BCUT2D eigenvalue weighted by Crippen LogP contribution is 2.36. The van der Waals surface area contributed by atoms with Gasteiger partial charge in [-0.3, -0.25) is 4.79 Å². The summed E-state index contributed by atoms with van der Waals surface area (Å²) in [4.78, 5) is 11.4. The second-order valence-electron chi connectivity index (χ2n) is 4.27. The Bertz CT molecular complexity index is 227.